The molecule has 0 radical (unpaired) electrons. The van der Waals surface area contributed by atoms with E-state index in [1.165, 1.54) is 18.7 Å². The molecule has 6 heteroatoms. The van der Waals surface area contributed by atoms with Crippen LogP contribution in [0, 0.1) is 0 Å². The van der Waals surface area contributed by atoms with Crippen LogP contribution in [0.5, 0.6) is 0 Å². The normalized spacial score (nSPS) is 15.3. The monoisotopic (exact) mass is 291 g/mol. The molecular formula is C15H21N3O3. The maximum atomic E-state index is 11.9. The minimum atomic E-state index is -0.421. The van der Waals surface area contributed by atoms with E-state index in [0.29, 0.717) is 18.0 Å². The lowest BCUT2D eigenvalue weighted by Gasteiger charge is -2.22. The fourth-order valence-electron chi connectivity index (χ4n) is 2.43. The standard InChI is InChI=1S/C15H21N3O3/c1-2-21-14(19)11-8-9-16-13(10-11)18-15(20)17-12-6-4-3-5-7-12/h8-10,12H,2-7H2,1H3,(H2,16,17,18,20). The summed E-state index contributed by atoms with van der Waals surface area (Å²) in [6.07, 6.45) is 7.06. The van der Waals surface area contributed by atoms with E-state index in [4.69, 9.17) is 4.74 Å². The Bertz CT molecular complexity index is 499. The molecule has 114 valence electrons. The number of urea groups is 1. The molecule has 1 saturated carbocycles. The second-order valence-corrected chi connectivity index (χ2v) is 5.08. The highest BCUT2D eigenvalue weighted by atomic mass is 16.5. The Morgan fingerprint density at radius 1 is 1.33 bits per heavy atom. The van der Waals surface area contributed by atoms with Crippen molar-refractivity contribution in [3.05, 3.63) is 23.9 Å². The quantitative estimate of drug-likeness (QED) is 0.836. The van der Waals surface area contributed by atoms with Crippen molar-refractivity contribution in [2.24, 2.45) is 0 Å². The van der Waals surface area contributed by atoms with Crippen molar-refractivity contribution in [3.8, 4) is 0 Å². The Morgan fingerprint density at radius 2 is 2.10 bits per heavy atom. The zero-order valence-electron chi connectivity index (χ0n) is 12.2. The van der Waals surface area contributed by atoms with Gasteiger partial charge in [0.25, 0.3) is 0 Å². The van der Waals surface area contributed by atoms with Crippen molar-refractivity contribution in [1.29, 1.82) is 0 Å². The van der Waals surface area contributed by atoms with Crippen LogP contribution in [-0.2, 0) is 4.74 Å². The van der Waals surface area contributed by atoms with Gasteiger partial charge in [0.1, 0.15) is 5.82 Å². The van der Waals surface area contributed by atoms with Gasteiger partial charge in [-0.15, -0.1) is 0 Å². The van der Waals surface area contributed by atoms with Crippen molar-refractivity contribution < 1.29 is 14.3 Å². The predicted molar refractivity (Wildman–Crippen MR) is 79.2 cm³/mol. The predicted octanol–water partition coefficient (Wildman–Crippen LogP) is 2.71. The average Bonchev–Trinajstić information content (AvgIpc) is 2.48. The number of carbonyl (C=O) groups is 2. The summed E-state index contributed by atoms with van der Waals surface area (Å²) in [5.74, 6) is -0.0792. The highest BCUT2D eigenvalue weighted by molar-refractivity contribution is 5.93. The SMILES string of the molecule is CCOC(=O)c1ccnc(NC(=O)NC2CCCCC2)c1. The number of esters is 1. The number of amides is 2. The fourth-order valence-corrected chi connectivity index (χ4v) is 2.43. The van der Waals surface area contributed by atoms with E-state index < -0.39 is 5.97 Å². The second-order valence-electron chi connectivity index (χ2n) is 5.08. The molecule has 2 N–H and O–H groups in total. The summed E-state index contributed by atoms with van der Waals surface area (Å²) in [6.45, 7) is 2.06. The van der Waals surface area contributed by atoms with E-state index in [0.717, 1.165) is 25.7 Å². The van der Waals surface area contributed by atoms with Gasteiger partial charge in [0.15, 0.2) is 0 Å². The molecule has 0 atom stereocenters. The molecule has 1 fully saturated rings. The third kappa shape index (κ3) is 4.73. The molecule has 1 aromatic heterocycles. The van der Waals surface area contributed by atoms with Gasteiger partial charge in [0.05, 0.1) is 12.2 Å². The molecule has 1 aliphatic carbocycles. The molecule has 1 aliphatic rings. The van der Waals surface area contributed by atoms with Crippen molar-refractivity contribution >= 4 is 17.8 Å². The van der Waals surface area contributed by atoms with E-state index >= 15 is 0 Å². The molecule has 21 heavy (non-hydrogen) atoms. The number of anilines is 1. The fraction of sp³-hybridized carbons (Fsp3) is 0.533. The molecule has 0 aromatic carbocycles. The number of hydrogen-bond donors (Lipinski definition) is 2. The maximum absolute atomic E-state index is 11.9. The number of nitrogens with one attached hydrogen (secondary N) is 2. The molecule has 1 aromatic rings. The van der Waals surface area contributed by atoms with Crippen LogP contribution in [0.1, 0.15) is 49.4 Å². The Morgan fingerprint density at radius 3 is 2.81 bits per heavy atom. The number of carbonyl (C=O) groups excluding carboxylic acids is 2. The van der Waals surface area contributed by atoms with E-state index in [1.807, 2.05) is 0 Å². The summed E-state index contributed by atoms with van der Waals surface area (Å²) in [7, 11) is 0. The van der Waals surface area contributed by atoms with Crippen molar-refractivity contribution in [1.82, 2.24) is 10.3 Å². The molecule has 0 bridgehead atoms. The smallest absolute Gasteiger partial charge is 0.338 e. The van der Waals surface area contributed by atoms with Gasteiger partial charge in [-0.3, -0.25) is 5.32 Å². The molecule has 0 spiro atoms. The number of ether oxygens (including phenoxy) is 1. The van der Waals surface area contributed by atoms with Gasteiger partial charge in [0, 0.05) is 12.2 Å². The summed E-state index contributed by atoms with van der Waals surface area (Å²) < 4.78 is 4.91. The molecule has 0 saturated heterocycles. The Labute approximate surface area is 124 Å². The van der Waals surface area contributed by atoms with Crippen LogP contribution >= 0.6 is 0 Å². The van der Waals surface area contributed by atoms with Crippen LogP contribution in [0.3, 0.4) is 0 Å². The van der Waals surface area contributed by atoms with Gasteiger partial charge in [0.2, 0.25) is 0 Å². The van der Waals surface area contributed by atoms with Gasteiger partial charge < -0.3 is 10.1 Å². The lowest BCUT2D eigenvalue weighted by atomic mass is 9.96. The lowest BCUT2D eigenvalue weighted by molar-refractivity contribution is 0.0526. The van der Waals surface area contributed by atoms with Crippen molar-refractivity contribution in [2.75, 3.05) is 11.9 Å². The number of rotatable bonds is 4. The molecular weight excluding hydrogens is 270 g/mol. The molecule has 0 aliphatic heterocycles. The highest BCUT2D eigenvalue weighted by Crippen LogP contribution is 2.17. The number of hydrogen-bond acceptors (Lipinski definition) is 4. The lowest BCUT2D eigenvalue weighted by Crippen LogP contribution is -2.39. The summed E-state index contributed by atoms with van der Waals surface area (Å²) in [4.78, 5) is 27.6. The van der Waals surface area contributed by atoms with Gasteiger partial charge in [-0.2, -0.15) is 0 Å². The first-order chi connectivity index (χ1) is 10.2. The van der Waals surface area contributed by atoms with Crippen molar-refractivity contribution in [2.45, 2.75) is 45.1 Å². The summed E-state index contributed by atoms with van der Waals surface area (Å²) >= 11 is 0. The average molecular weight is 291 g/mol. The number of aromatic nitrogens is 1. The van der Waals surface area contributed by atoms with Gasteiger partial charge in [-0.25, -0.2) is 14.6 Å². The molecule has 6 nitrogen and oxygen atoms in total. The summed E-state index contributed by atoms with van der Waals surface area (Å²) in [5.41, 5.74) is 0.375. The Kier molecular flexibility index (Phi) is 5.54. The van der Waals surface area contributed by atoms with Gasteiger partial charge in [-0.1, -0.05) is 19.3 Å². The van der Waals surface area contributed by atoms with Crippen LogP contribution in [-0.4, -0.2) is 29.6 Å². The first-order valence-corrected chi connectivity index (χ1v) is 7.39. The van der Waals surface area contributed by atoms with Crippen LogP contribution in [0.4, 0.5) is 10.6 Å². The topological polar surface area (TPSA) is 80.3 Å². The van der Waals surface area contributed by atoms with Crippen LogP contribution in [0.15, 0.2) is 18.3 Å². The van der Waals surface area contributed by atoms with Gasteiger partial charge in [-0.05, 0) is 31.9 Å². The van der Waals surface area contributed by atoms with Crippen LogP contribution < -0.4 is 10.6 Å². The molecule has 2 amide bonds. The van der Waals surface area contributed by atoms with Gasteiger partial charge >= 0.3 is 12.0 Å². The van der Waals surface area contributed by atoms with Crippen molar-refractivity contribution in [3.63, 3.8) is 0 Å². The van der Waals surface area contributed by atoms with Crippen LogP contribution in [0.2, 0.25) is 0 Å². The minimum Gasteiger partial charge on any atom is -0.462 e. The summed E-state index contributed by atoms with van der Waals surface area (Å²) in [5, 5.41) is 5.59. The second kappa shape index (κ2) is 7.61. The Hall–Kier alpha value is -2.11. The number of nitrogens with zero attached hydrogens (tertiary/aromatic N) is 1. The highest BCUT2D eigenvalue weighted by Gasteiger charge is 2.16. The van der Waals surface area contributed by atoms with E-state index in [9.17, 15) is 9.59 Å². The number of pyridine rings is 1. The third-order valence-electron chi connectivity index (χ3n) is 3.45. The van der Waals surface area contributed by atoms with Crippen LogP contribution in [0.25, 0.3) is 0 Å². The Balaban J connectivity index is 1.91. The maximum Gasteiger partial charge on any atom is 0.338 e. The van der Waals surface area contributed by atoms with E-state index in [1.54, 1.807) is 13.0 Å². The molecule has 1 heterocycles. The summed E-state index contributed by atoms with van der Waals surface area (Å²) in [6, 6.07) is 3.02. The van der Waals surface area contributed by atoms with E-state index in [-0.39, 0.29) is 12.1 Å². The largest absolute Gasteiger partial charge is 0.462 e. The third-order valence-corrected chi connectivity index (χ3v) is 3.45. The first kappa shape index (κ1) is 15.3. The van der Waals surface area contributed by atoms with E-state index in [2.05, 4.69) is 15.6 Å². The molecule has 0 unspecified atom stereocenters. The minimum absolute atomic E-state index is 0.229. The zero-order valence-corrected chi connectivity index (χ0v) is 12.2. The zero-order chi connectivity index (χ0) is 15.1. The molecule has 2 rings (SSSR count). The first-order valence-electron chi connectivity index (χ1n) is 7.39.